The van der Waals surface area contributed by atoms with Crippen LogP contribution in [0.3, 0.4) is 0 Å². The SMILES string of the molecule is C=CCNC(=O)C(=O)C(CCC)NC(=O)C1C[C@@H](C(C)C)CN1C(=O)C(NC(=O)NC(COC(=O)NC=C)C(C)(C)C)C1Cc2ccccc2C1. The predicted molar refractivity (Wildman–Crippen MR) is 194 cm³/mol. The van der Waals surface area contributed by atoms with E-state index in [0.717, 1.165) is 11.1 Å². The molecular formula is C38H56N6O7. The molecule has 5 N–H and O–H groups in total. The molecule has 1 heterocycles. The Morgan fingerprint density at radius 1 is 0.980 bits per heavy atom. The minimum atomic E-state index is -1.06. The molecular weight excluding hydrogens is 652 g/mol. The number of alkyl carbamates (subject to hydrolysis) is 1. The van der Waals surface area contributed by atoms with Gasteiger partial charge in [-0.25, -0.2) is 9.59 Å². The first-order valence-electron chi connectivity index (χ1n) is 17.8. The second-order valence-corrected chi connectivity index (χ2v) is 14.9. The summed E-state index contributed by atoms with van der Waals surface area (Å²) in [5.74, 6) is -2.66. The van der Waals surface area contributed by atoms with Gasteiger partial charge in [-0.1, -0.05) is 84.9 Å². The molecule has 1 fully saturated rings. The first kappa shape index (κ1) is 40.7. The summed E-state index contributed by atoms with van der Waals surface area (Å²) in [6, 6.07) is 3.70. The van der Waals surface area contributed by atoms with Crippen LogP contribution in [0.1, 0.15) is 71.9 Å². The maximum Gasteiger partial charge on any atom is 0.411 e. The number of fused-ring (bicyclic) bond motifs is 1. The number of hydrogen-bond donors (Lipinski definition) is 5. The van der Waals surface area contributed by atoms with E-state index >= 15 is 0 Å². The molecule has 1 aromatic carbocycles. The Labute approximate surface area is 301 Å². The van der Waals surface area contributed by atoms with Crippen molar-refractivity contribution in [3.05, 3.63) is 60.8 Å². The lowest BCUT2D eigenvalue weighted by molar-refractivity contribution is -0.143. The molecule has 6 amide bonds. The number of carbonyl (C=O) groups is 6. The largest absolute Gasteiger partial charge is 0.447 e. The maximum absolute atomic E-state index is 14.7. The van der Waals surface area contributed by atoms with Crippen molar-refractivity contribution in [3.8, 4) is 0 Å². The number of nitrogens with zero attached hydrogens (tertiary/aromatic N) is 1. The predicted octanol–water partition coefficient (Wildman–Crippen LogP) is 3.38. The Hall–Kier alpha value is -4.68. The van der Waals surface area contributed by atoms with Crippen LogP contribution in [0.15, 0.2) is 49.7 Å². The van der Waals surface area contributed by atoms with E-state index in [4.69, 9.17) is 4.74 Å². The first-order valence-corrected chi connectivity index (χ1v) is 17.8. The normalized spacial score (nSPS) is 18.8. The molecule has 0 aromatic heterocycles. The third-order valence-corrected chi connectivity index (χ3v) is 9.76. The number of carbonyl (C=O) groups excluding carboxylic acids is 6. The molecule has 4 unspecified atom stereocenters. The van der Waals surface area contributed by atoms with Gasteiger partial charge in [0.15, 0.2) is 0 Å². The second-order valence-electron chi connectivity index (χ2n) is 14.9. The van der Waals surface area contributed by atoms with Crippen molar-refractivity contribution in [1.82, 2.24) is 31.5 Å². The summed E-state index contributed by atoms with van der Waals surface area (Å²) in [6.45, 7) is 18.9. The number of urea groups is 1. The van der Waals surface area contributed by atoms with Crippen molar-refractivity contribution in [2.24, 2.45) is 23.2 Å². The van der Waals surface area contributed by atoms with Crippen molar-refractivity contribution in [2.75, 3.05) is 19.7 Å². The zero-order chi connectivity index (χ0) is 37.9. The molecule has 3 rings (SSSR count). The Balaban J connectivity index is 1.90. The van der Waals surface area contributed by atoms with E-state index in [2.05, 4.69) is 39.7 Å². The van der Waals surface area contributed by atoms with E-state index < -0.39 is 65.2 Å². The van der Waals surface area contributed by atoms with Gasteiger partial charge in [0.05, 0.1) is 12.1 Å². The van der Waals surface area contributed by atoms with Gasteiger partial charge in [-0.15, -0.1) is 6.58 Å². The number of likely N-dealkylation sites (tertiary alicyclic amines) is 1. The van der Waals surface area contributed by atoms with Gasteiger partial charge in [0.1, 0.15) is 18.7 Å². The zero-order valence-corrected chi connectivity index (χ0v) is 30.9. The van der Waals surface area contributed by atoms with Gasteiger partial charge in [-0.3, -0.25) is 24.5 Å². The van der Waals surface area contributed by atoms with Gasteiger partial charge < -0.3 is 30.9 Å². The molecule has 280 valence electrons. The quantitative estimate of drug-likeness (QED) is 0.129. The number of rotatable bonds is 16. The third kappa shape index (κ3) is 11.2. The monoisotopic (exact) mass is 708 g/mol. The van der Waals surface area contributed by atoms with Crippen molar-refractivity contribution >= 4 is 35.6 Å². The molecule has 13 nitrogen and oxygen atoms in total. The van der Waals surface area contributed by atoms with Crippen LogP contribution in [-0.4, -0.2) is 84.4 Å². The minimum Gasteiger partial charge on any atom is -0.447 e. The Morgan fingerprint density at radius 2 is 1.63 bits per heavy atom. The first-order chi connectivity index (χ1) is 24.1. The molecule has 1 saturated heterocycles. The lowest BCUT2D eigenvalue weighted by atomic mass is 9.87. The highest BCUT2D eigenvalue weighted by Gasteiger charge is 2.46. The van der Waals surface area contributed by atoms with Crippen molar-refractivity contribution in [3.63, 3.8) is 0 Å². The van der Waals surface area contributed by atoms with E-state index in [9.17, 15) is 28.8 Å². The fourth-order valence-electron chi connectivity index (χ4n) is 6.60. The minimum absolute atomic E-state index is 0.0136. The third-order valence-electron chi connectivity index (χ3n) is 9.76. The van der Waals surface area contributed by atoms with Crippen LogP contribution in [0.2, 0.25) is 0 Å². The average Bonchev–Trinajstić information content (AvgIpc) is 3.72. The van der Waals surface area contributed by atoms with Crippen LogP contribution >= 0.6 is 0 Å². The van der Waals surface area contributed by atoms with Crippen LogP contribution in [-0.2, 0) is 36.8 Å². The lowest BCUT2D eigenvalue weighted by Crippen LogP contribution is -2.60. The Morgan fingerprint density at radius 3 is 2.18 bits per heavy atom. The fourth-order valence-corrected chi connectivity index (χ4v) is 6.60. The van der Waals surface area contributed by atoms with E-state index in [1.54, 1.807) is 0 Å². The highest BCUT2D eigenvalue weighted by Crippen LogP contribution is 2.34. The summed E-state index contributed by atoms with van der Waals surface area (Å²) < 4.78 is 5.29. The highest BCUT2D eigenvalue weighted by molar-refractivity contribution is 6.38. The van der Waals surface area contributed by atoms with E-state index in [-0.39, 0.29) is 43.9 Å². The molecule has 0 radical (unpaired) electrons. The summed E-state index contributed by atoms with van der Waals surface area (Å²) in [4.78, 5) is 81.5. The Kier molecular flexibility index (Phi) is 14.8. The molecule has 5 atom stereocenters. The lowest BCUT2D eigenvalue weighted by Gasteiger charge is -2.34. The number of benzene rings is 1. The molecule has 0 bridgehead atoms. The number of ketones is 1. The van der Waals surface area contributed by atoms with E-state index in [1.165, 1.54) is 17.2 Å². The molecule has 51 heavy (non-hydrogen) atoms. The van der Waals surface area contributed by atoms with Gasteiger partial charge in [-0.2, -0.15) is 0 Å². The zero-order valence-electron chi connectivity index (χ0n) is 30.9. The number of hydrogen-bond acceptors (Lipinski definition) is 7. The maximum atomic E-state index is 14.7. The standard InChI is InChI=1S/C38H56N6O7/c1-9-14-28(32(45)34(47)40-17-10-2)41-33(46)29-20-27(23(4)5)21-44(29)35(48)31(26-18-24-15-12-13-16-25(24)19-26)43-36(49)42-30(38(6,7)8)22-51-37(50)39-11-3/h10-13,15-16,23,26-31H,2-3,9,14,17-22H2,1,4-8H3,(H,39,50)(H,40,47)(H,41,46)(H2,42,43,49)/t27-,28?,29?,30?,31?/m1/s1. The fraction of sp³-hybridized carbons (Fsp3) is 0.579. The number of nitrogens with one attached hydrogen (secondary N) is 5. The average molecular weight is 709 g/mol. The van der Waals surface area contributed by atoms with Crippen LogP contribution < -0.4 is 26.6 Å². The van der Waals surface area contributed by atoms with Crippen LogP contribution in [0.25, 0.3) is 0 Å². The van der Waals surface area contributed by atoms with Gasteiger partial charge in [0.2, 0.25) is 17.6 Å². The van der Waals surface area contributed by atoms with Crippen molar-refractivity contribution < 1.29 is 33.5 Å². The topological polar surface area (TPSA) is 175 Å². The molecule has 13 heteroatoms. The Bertz CT molecular complexity index is 1430. The van der Waals surface area contributed by atoms with Crippen LogP contribution in [0, 0.1) is 23.2 Å². The summed E-state index contributed by atoms with van der Waals surface area (Å²) in [5.41, 5.74) is 1.65. The summed E-state index contributed by atoms with van der Waals surface area (Å²) in [5, 5.41) is 13.4. The summed E-state index contributed by atoms with van der Waals surface area (Å²) in [7, 11) is 0. The number of ether oxygens (including phenoxy) is 1. The van der Waals surface area contributed by atoms with Crippen LogP contribution in [0.5, 0.6) is 0 Å². The van der Waals surface area contributed by atoms with Gasteiger partial charge in [0.25, 0.3) is 5.91 Å². The highest BCUT2D eigenvalue weighted by atomic mass is 16.5. The molecule has 2 aliphatic rings. The van der Waals surface area contributed by atoms with E-state index in [1.807, 2.05) is 65.8 Å². The molecule has 0 saturated carbocycles. The molecule has 1 aromatic rings. The van der Waals surface area contributed by atoms with Gasteiger partial charge >= 0.3 is 12.1 Å². The molecule has 0 spiro atoms. The number of amides is 6. The van der Waals surface area contributed by atoms with Gasteiger partial charge in [0, 0.05) is 13.1 Å². The summed E-state index contributed by atoms with van der Waals surface area (Å²) in [6.07, 6.45) is 4.19. The van der Waals surface area contributed by atoms with Gasteiger partial charge in [-0.05, 0) is 66.2 Å². The smallest absolute Gasteiger partial charge is 0.411 e. The second kappa shape index (κ2) is 18.5. The molecule has 1 aliphatic carbocycles. The van der Waals surface area contributed by atoms with Crippen molar-refractivity contribution in [1.29, 1.82) is 0 Å². The molecule has 1 aliphatic heterocycles. The van der Waals surface area contributed by atoms with Crippen molar-refractivity contribution in [2.45, 2.75) is 97.8 Å². The summed E-state index contributed by atoms with van der Waals surface area (Å²) >= 11 is 0. The van der Waals surface area contributed by atoms with Crippen LogP contribution in [0.4, 0.5) is 9.59 Å². The number of Topliss-reactive ketones (excluding diaryl/α,β-unsaturated/α-hetero) is 1. The van der Waals surface area contributed by atoms with E-state index in [0.29, 0.717) is 25.7 Å².